The molecule has 0 radical (unpaired) electrons. The standard InChI is InChI=1S/C14H10F3N3O/c1-8-10-5-3-2-4-9(10)7-20(8)11-6-18-19-13(21)12(11)14(15,16)17/h2-7H,1H3,(H,19,21). The van der Waals surface area contributed by atoms with Crippen molar-refractivity contribution in [1.29, 1.82) is 0 Å². The van der Waals surface area contributed by atoms with Crippen LogP contribution in [0.4, 0.5) is 13.2 Å². The monoisotopic (exact) mass is 293 g/mol. The number of aryl methyl sites for hydroxylation is 1. The molecule has 4 nitrogen and oxygen atoms in total. The molecule has 0 saturated heterocycles. The van der Waals surface area contributed by atoms with Crippen LogP contribution in [-0.2, 0) is 6.18 Å². The second-order valence-corrected chi connectivity index (χ2v) is 4.63. The second-order valence-electron chi connectivity index (χ2n) is 4.63. The van der Waals surface area contributed by atoms with Crippen molar-refractivity contribution in [3.05, 3.63) is 58.3 Å². The van der Waals surface area contributed by atoms with Gasteiger partial charge in [-0.15, -0.1) is 0 Å². The van der Waals surface area contributed by atoms with Gasteiger partial charge in [0.1, 0.15) is 5.56 Å². The molecule has 1 N–H and O–H groups in total. The van der Waals surface area contributed by atoms with Crippen LogP contribution in [0.25, 0.3) is 16.5 Å². The molecular formula is C14H10F3N3O. The molecule has 0 spiro atoms. The Morgan fingerprint density at radius 1 is 1.24 bits per heavy atom. The van der Waals surface area contributed by atoms with E-state index in [0.29, 0.717) is 5.69 Å². The van der Waals surface area contributed by atoms with Crippen LogP contribution < -0.4 is 5.56 Å². The third-order valence-corrected chi connectivity index (χ3v) is 3.36. The number of aromatic nitrogens is 3. The van der Waals surface area contributed by atoms with E-state index in [0.717, 1.165) is 17.0 Å². The number of alkyl halides is 3. The number of rotatable bonds is 1. The summed E-state index contributed by atoms with van der Waals surface area (Å²) in [6, 6.07) is 7.22. The Hall–Kier alpha value is -2.57. The molecule has 108 valence electrons. The topological polar surface area (TPSA) is 50.7 Å². The predicted octanol–water partition coefficient (Wildman–Crippen LogP) is 3.04. The zero-order valence-corrected chi connectivity index (χ0v) is 10.9. The highest BCUT2D eigenvalue weighted by molar-refractivity contribution is 5.86. The quantitative estimate of drug-likeness (QED) is 0.749. The van der Waals surface area contributed by atoms with Crippen molar-refractivity contribution in [3.63, 3.8) is 0 Å². The van der Waals surface area contributed by atoms with Gasteiger partial charge < -0.3 is 4.57 Å². The molecule has 2 heterocycles. The number of nitrogens with zero attached hydrogens (tertiary/aromatic N) is 2. The first-order valence-corrected chi connectivity index (χ1v) is 6.11. The molecule has 2 aromatic heterocycles. The molecule has 7 heteroatoms. The number of benzene rings is 1. The van der Waals surface area contributed by atoms with Crippen molar-refractivity contribution < 1.29 is 13.2 Å². The Bertz CT molecular complexity index is 877. The fourth-order valence-corrected chi connectivity index (χ4v) is 2.40. The minimum atomic E-state index is -4.76. The smallest absolute Gasteiger partial charge is 0.318 e. The zero-order valence-electron chi connectivity index (χ0n) is 10.9. The average Bonchev–Trinajstić information content (AvgIpc) is 2.75. The lowest BCUT2D eigenvalue weighted by atomic mass is 10.2. The van der Waals surface area contributed by atoms with Crippen LogP contribution in [0.15, 0.2) is 41.5 Å². The Morgan fingerprint density at radius 2 is 1.95 bits per heavy atom. The summed E-state index contributed by atoms with van der Waals surface area (Å²) in [6.45, 7) is 1.70. The van der Waals surface area contributed by atoms with E-state index in [1.54, 1.807) is 31.3 Å². The Kier molecular flexibility index (Phi) is 2.86. The number of fused-ring (bicyclic) bond motifs is 1. The highest BCUT2D eigenvalue weighted by atomic mass is 19.4. The summed E-state index contributed by atoms with van der Waals surface area (Å²) < 4.78 is 40.7. The molecule has 0 fully saturated rings. The summed E-state index contributed by atoms with van der Waals surface area (Å²) >= 11 is 0. The van der Waals surface area contributed by atoms with E-state index in [-0.39, 0.29) is 5.69 Å². The molecule has 0 amide bonds. The number of H-pyrrole nitrogens is 1. The maximum atomic E-state index is 13.1. The van der Waals surface area contributed by atoms with Crippen LogP contribution in [-0.4, -0.2) is 14.8 Å². The van der Waals surface area contributed by atoms with Gasteiger partial charge in [-0.25, -0.2) is 5.10 Å². The normalized spacial score (nSPS) is 12.0. The first-order chi connectivity index (χ1) is 9.89. The second kappa shape index (κ2) is 4.47. The van der Waals surface area contributed by atoms with Gasteiger partial charge in [0.15, 0.2) is 0 Å². The van der Waals surface area contributed by atoms with Gasteiger partial charge in [-0.2, -0.15) is 18.3 Å². The lowest BCUT2D eigenvalue weighted by Gasteiger charge is -2.13. The van der Waals surface area contributed by atoms with Crippen molar-refractivity contribution in [3.8, 4) is 5.69 Å². The van der Waals surface area contributed by atoms with Crippen molar-refractivity contribution in [1.82, 2.24) is 14.8 Å². The maximum absolute atomic E-state index is 13.1. The van der Waals surface area contributed by atoms with Gasteiger partial charge in [-0.05, 0) is 6.92 Å². The highest BCUT2D eigenvalue weighted by Crippen LogP contribution is 2.32. The third kappa shape index (κ3) is 2.10. The van der Waals surface area contributed by atoms with Gasteiger partial charge in [0.2, 0.25) is 0 Å². The molecule has 0 atom stereocenters. The number of halogens is 3. The summed E-state index contributed by atoms with van der Waals surface area (Å²) in [6.07, 6.45) is -2.18. The Balaban J connectivity index is 2.37. The van der Waals surface area contributed by atoms with E-state index >= 15 is 0 Å². The van der Waals surface area contributed by atoms with E-state index in [1.807, 2.05) is 11.2 Å². The van der Waals surface area contributed by atoms with E-state index < -0.39 is 17.3 Å². The number of aromatic amines is 1. The van der Waals surface area contributed by atoms with Crippen LogP contribution >= 0.6 is 0 Å². The molecule has 21 heavy (non-hydrogen) atoms. The minimum absolute atomic E-state index is 0.278. The van der Waals surface area contributed by atoms with Crippen molar-refractivity contribution in [2.45, 2.75) is 13.1 Å². The third-order valence-electron chi connectivity index (χ3n) is 3.36. The molecule has 0 bridgehead atoms. The van der Waals surface area contributed by atoms with Gasteiger partial charge in [0.05, 0.1) is 11.9 Å². The van der Waals surface area contributed by atoms with Crippen LogP contribution in [0.1, 0.15) is 11.3 Å². The lowest BCUT2D eigenvalue weighted by Crippen LogP contribution is -2.25. The first kappa shape index (κ1) is 13.4. The van der Waals surface area contributed by atoms with E-state index in [1.165, 1.54) is 4.57 Å². The summed E-state index contributed by atoms with van der Waals surface area (Å²) in [5.74, 6) is 0. The molecule has 1 aromatic carbocycles. The summed E-state index contributed by atoms with van der Waals surface area (Å²) in [5.41, 5.74) is -2.17. The maximum Gasteiger partial charge on any atom is 0.423 e. The molecule has 0 unspecified atom stereocenters. The summed E-state index contributed by atoms with van der Waals surface area (Å²) in [7, 11) is 0. The van der Waals surface area contributed by atoms with Gasteiger partial charge in [0.25, 0.3) is 5.56 Å². The lowest BCUT2D eigenvalue weighted by molar-refractivity contribution is -0.138. The molecule has 0 aliphatic rings. The van der Waals surface area contributed by atoms with Gasteiger partial charge in [-0.1, -0.05) is 24.3 Å². The predicted molar refractivity (Wildman–Crippen MR) is 71.4 cm³/mol. The van der Waals surface area contributed by atoms with Crippen molar-refractivity contribution in [2.24, 2.45) is 0 Å². The Morgan fingerprint density at radius 3 is 2.62 bits per heavy atom. The molecule has 0 saturated carbocycles. The minimum Gasteiger partial charge on any atom is -0.318 e. The van der Waals surface area contributed by atoms with E-state index in [2.05, 4.69) is 5.10 Å². The van der Waals surface area contributed by atoms with Gasteiger partial charge in [0, 0.05) is 22.7 Å². The molecule has 0 aliphatic carbocycles. The van der Waals surface area contributed by atoms with Crippen LogP contribution in [0, 0.1) is 6.92 Å². The molecule has 0 aliphatic heterocycles. The SMILES string of the molecule is Cc1c2ccccc2cn1-c1cn[nH]c(=O)c1C(F)(F)F. The highest BCUT2D eigenvalue weighted by Gasteiger charge is 2.38. The number of nitrogens with one attached hydrogen (secondary N) is 1. The van der Waals surface area contributed by atoms with Crippen molar-refractivity contribution >= 4 is 10.8 Å². The molecule has 3 aromatic rings. The summed E-state index contributed by atoms with van der Waals surface area (Å²) in [5, 5.41) is 6.94. The Labute approximate surface area is 116 Å². The number of hydrogen-bond acceptors (Lipinski definition) is 2. The first-order valence-electron chi connectivity index (χ1n) is 6.11. The molecule has 3 rings (SSSR count). The largest absolute Gasteiger partial charge is 0.423 e. The van der Waals surface area contributed by atoms with E-state index in [4.69, 9.17) is 0 Å². The van der Waals surface area contributed by atoms with Gasteiger partial charge in [-0.3, -0.25) is 4.79 Å². The zero-order chi connectivity index (χ0) is 15.2. The van der Waals surface area contributed by atoms with Gasteiger partial charge >= 0.3 is 6.18 Å². The molecular weight excluding hydrogens is 283 g/mol. The van der Waals surface area contributed by atoms with Crippen LogP contribution in [0.5, 0.6) is 0 Å². The van der Waals surface area contributed by atoms with Crippen molar-refractivity contribution in [2.75, 3.05) is 0 Å². The fraction of sp³-hybridized carbons (Fsp3) is 0.143. The summed E-state index contributed by atoms with van der Waals surface area (Å²) in [4.78, 5) is 11.5. The fourth-order valence-electron chi connectivity index (χ4n) is 2.40. The average molecular weight is 293 g/mol. The van der Waals surface area contributed by atoms with Crippen LogP contribution in [0.2, 0.25) is 0 Å². The van der Waals surface area contributed by atoms with Crippen LogP contribution in [0.3, 0.4) is 0 Å². The van der Waals surface area contributed by atoms with E-state index in [9.17, 15) is 18.0 Å². The number of hydrogen-bond donors (Lipinski definition) is 1.